The Morgan fingerprint density at radius 3 is 2.66 bits per heavy atom. The first-order chi connectivity index (χ1) is 16.5. The Bertz CT molecular complexity index is 1100. The summed E-state index contributed by atoms with van der Waals surface area (Å²) in [5, 5.41) is 0.810. The van der Waals surface area contributed by atoms with Gasteiger partial charge in [-0.25, -0.2) is 4.98 Å². The predicted octanol–water partition coefficient (Wildman–Crippen LogP) is 5.58. The second-order valence-corrected chi connectivity index (χ2v) is 10.7. The summed E-state index contributed by atoms with van der Waals surface area (Å²) in [4.78, 5) is 23.7. The van der Waals surface area contributed by atoms with E-state index in [2.05, 4.69) is 30.9 Å². The van der Waals surface area contributed by atoms with Crippen molar-refractivity contribution in [3.05, 3.63) is 47.5 Å². The number of aryl methyl sites for hydroxylation is 2. The fourth-order valence-corrected chi connectivity index (χ4v) is 6.17. The quantitative estimate of drug-likeness (QED) is 0.316. The zero-order valence-electron chi connectivity index (χ0n) is 20.6. The molecule has 1 saturated heterocycles. The molecule has 0 saturated carbocycles. The Labute approximate surface area is 222 Å². The van der Waals surface area contributed by atoms with Gasteiger partial charge in [0.2, 0.25) is 5.91 Å². The third-order valence-electron chi connectivity index (χ3n) is 5.95. The van der Waals surface area contributed by atoms with Crippen molar-refractivity contribution < 1.29 is 14.3 Å². The Morgan fingerprint density at radius 2 is 1.94 bits per heavy atom. The lowest BCUT2D eigenvalue weighted by Gasteiger charge is -2.27. The van der Waals surface area contributed by atoms with Gasteiger partial charge in [-0.3, -0.25) is 14.6 Å². The zero-order valence-corrected chi connectivity index (χ0v) is 23.1. The molecule has 0 radical (unpaired) electrons. The second kappa shape index (κ2) is 13.5. The molecular formula is C26H34ClN3O3S2. The molecule has 0 bridgehead atoms. The van der Waals surface area contributed by atoms with E-state index in [9.17, 15) is 4.79 Å². The fraction of sp³-hybridized carbons (Fsp3) is 0.462. The van der Waals surface area contributed by atoms with Crippen molar-refractivity contribution in [3.63, 3.8) is 0 Å². The molecule has 190 valence electrons. The van der Waals surface area contributed by atoms with Gasteiger partial charge in [0, 0.05) is 43.2 Å². The number of thiazole rings is 1. The van der Waals surface area contributed by atoms with Crippen LogP contribution in [0.4, 0.5) is 5.13 Å². The van der Waals surface area contributed by atoms with Gasteiger partial charge in [0.05, 0.1) is 30.5 Å². The number of methoxy groups -OCH3 is 1. The van der Waals surface area contributed by atoms with Crippen LogP contribution in [0.2, 0.25) is 0 Å². The number of hydrogen-bond acceptors (Lipinski definition) is 7. The van der Waals surface area contributed by atoms with Gasteiger partial charge < -0.3 is 9.47 Å². The summed E-state index contributed by atoms with van der Waals surface area (Å²) in [5.41, 5.74) is 3.39. The maximum atomic E-state index is 13.4. The molecule has 1 aliphatic heterocycles. The van der Waals surface area contributed by atoms with Crippen LogP contribution in [0.3, 0.4) is 0 Å². The minimum Gasteiger partial charge on any atom is -0.497 e. The van der Waals surface area contributed by atoms with Crippen molar-refractivity contribution in [3.8, 4) is 5.75 Å². The van der Waals surface area contributed by atoms with Gasteiger partial charge in [-0.2, -0.15) is 0 Å². The van der Waals surface area contributed by atoms with Gasteiger partial charge >= 0.3 is 0 Å². The molecule has 1 aromatic heterocycles. The van der Waals surface area contributed by atoms with Crippen molar-refractivity contribution in [2.75, 3.05) is 57.2 Å². The summed E-state index contributed by atoms with van der Waals surface area (Å²) in [6.45, 7) is 9.36. The van der Waals surface area contributed by atoms with Crippen molar-refractivity contribution in [1.82, 2.24) is 9.88 Å². The van der Waals surface area contributed by atoms with Crippen LogP contribution < -0.4 is 9.64 Å². The number of fused-ring (bicyclic) bond motifs is 1. The molecule has 0 aliphatic carbocycles. The minimum absolute atomic E-state index is 0. The van der Waals surface area contributed by atoms with Gasteiger partial charge in [0.25, 0.3) is 0 Å². The van der Waals surface area contributed by atoms with Gasteiger partial charge in [0.1, 0.15) is 5.75 Å². The average molecular weight is 536 g/mol. The number of benzene rings is 2. The van der Waals surface area contributed by atoms with Gasteiger partial charge in [-0.05, 0) is 61.7 Å². The van der Waals surface area contributed by atoms with Crippen LogP contribution in [0.1, 0.15) is 24.0 Å². The molecule has 9 heteroatoms. The Hall–Kier alpha value is -1.84. The standard InChI is InChI=1S/C26H33N3O3S2.ClH/c1-19-17-20(2)25-23(18-19)34-26(27-25)29(11-4-10-28-12-14-32-15-13-28)24(30)9-16-33-22-7-5-21(31-3)6-8-22;/h5-8,17-18H,4,9-16H2,1-3H3;1H. The first-order valence-corrected chi connectivity index (χ1v) is 13.6. The number of ether oxygens (including phenoxy) is 2. The number of carbonyl (C=O) groups is 1. The molecule has 3 aromatic rings. The van der Waals surface area contributed by atoms with E-state index in [4.69, 9.17) is 14.5 Å². The van der Waals surface area contributed by atoms with Crippen molar-refractivity contribution in [1.29, 1.82) is 0 Å². The Morgan fingerprint density at radius 1 is 1.20 bits per heavy atom. The molecule has 2 heterocycles. The molecule has 0 atom stereocenters. The average Bonchev–Trinajstić information content (AvgIpc) is 3.27. The molecule has 0 N–H and O–H groups in total. The highest BCUT2D eigenvalue weighted by Gasteiger charge is 2.21. The molecule has 35 heavy (non-hydrogen) atoms. The Balaban J connectivity index is 0.00000342. The number of halogens is 1. The molecular weight excluding hydrogens is 502 g/mol. The van der Waals surface area contributed by atoms with E-state index in [1.807, 2.05) is 29.2 Å². The first-order valence-electron chi connectivity index (χ1n) is 11.8. The van der Waals surface area contributed by atoms with Crippen LogP contribution in [0.5, 0.6) is 5.75 Å². The summed E-state index contributed by atoms with van der Waals surface area (Å²) in [6, 6.07) is 12.3. The maximum Gasteiger partial charge on any atom is 0.229 e. The summed E-state index contributed by atoms with van der Waals surface area (Å²) in [5.74, 6) is 1.71. The number of thioether (sulfide) groups is 1. The fourth-order valence-electron chi connectivity index (χ4n) is 4.14. The van der Waals surface area contributed by atoms with Gasteiger partial charge in [-0.1, -0.05) is 17.4 Å². The minimum atomic E-state index is 0. The van der Waals surface area contributed by atoms with Crippen LogP contribution in [-0.4, -0.2) is 68.0 Å². The highest BCUT2D eigenvalue weighted by molar-refractivity contribution is 7.99. The number of anilines is 1. The SMILES string of the molecule is COc1ccc(SCCC(=O)N(CCCN2CCOCC2)c2nc3c(C)cc(C)cc3s2)cc1.Cl. The third kappa shape index (κ3) is 7.57. The molecule has 0 spiro atoms. The molecule has 4 rings (SSSR count). The first kappa shape index (κ1) is 27.7. The number of carbonyl (C=O) groups excluding carboxylic acids is 1. The van der Waals surface area contributed by atoms with Gasteiger partial charge in [0.15, 0.2) is 5.13 Å². The van der Waals surface area contributed by atoms with Crippen LogP contribution in [0.15, 0.2) is 41.3 Å². The molecule has 1 aliphatic rings. The number of amides is 1. The molecule has 0 unspecified atom stereocenters. The van der Waals surface area contributed by atoms with Crippen LogP contribution in [-0.2, 0) is 9.53 Å². The normalized spacial score (nSPS) is 14.0. The number of aromatic nitrogens is 1. The maximum absolute atomic E-state index is 13.4. The topological polar surface area (TPSA) is 54.9 Å². The lowest BCUT2D eigenvalue weighted by molar-refractivity contribution is -0.118. The van der Waals surface area contributed by atoms with Crippen LogP contribution >= 0.6 is 35.5 Å². The summed E-state index contributed by atoms with van der Waals surface area (Å²) in [7, 11) is 1.67. The van der Waals surface area contributed by atoms with Crippen LogP contribution in [0.25, 0.3) is 10.2 Å². The summed E-state index contributed by atoms with van der Waals surface area (Å²) < 4.78 is 11.8. The predicted molar refractivity (Wildman–Crippen MR) is 149 cm³/mol. The molecule has 1 amide bonds. The number of hydrogen-bond donors (Lipinski definition) is 0. The van der Waals surface area contributed by atoms with Crippen molar-refractivity contribution in [2.45, 2.75) is 31.6 Å². The summed E-state index contributed by atoms with van der Waals surface area (Å²) >= 11 is 3.32. The van der Waals surface area contributed by atoms with E-state index in [1.165, 1.54) is 5.56 Å². The summed E-state index contributed by atoms with van der Waals surface area (Å²) in [6.07, 6.45) is 1.40. The van der Waals surface area contributed by atoms with E-state index in [-0.39, 0.29) is 18.3 Å². The lowest BCUT2D eigenvalue weighted by atomic mass is 10.1. The van der Waals surface area contributed by atoms with E-state index in [1.54, 1.807) is 30.2 Å². The van der Waals surface area contributed by atoms with E-state index in [0.29, 0.717) is 13.0 Å². The van der Waals surface area contributed by atoms with Crippen molar-refractivity contribution in [2.24, 2.45) is 0 Å². The lowest BCUT2D eigenvalue weighted by Crippen LogP contribution is -2.39. The smallest absolute Gasteiger partial charge is 0.229 e. The monoisotopic (exact) mass is 535 g/mol. The highest BCUT2D eigenvalue weighted by Crippen LogP contribution is 2.32. The number of morpholine rings is 1. The third-order valence-corrected chi connectivity index (χ3v) is 7.99. The van der Waals surface area contributed by atoms with Crippen molar-refractivity contribution >= 4 is 56.8 Å². The van der Waals surface area contributed by atoms with E-state index >= 15 is 0 Å². The molecule has 1 fully saturated rings. The zero-order chi connectivity index (χ0) is 23.9. The molecule has 2 aromatic carbocycles. The highest BCUT2D eigenvalue weighted by atomic mass is 35.5. The van der Waals surface area contributed by atoms with Gasteiger partial charge in [-0.15, -0.1) is 24.2 Å². The van der Waals surface area contributed by atoms with Crippen LogP contribution in [0, 0.1) is 13.8 Å². The molecule has 6 nitrogen and oxygen atoms in total. The number of nitrogens with zero attached hydrogens (tertiary/aromatic N) is 3. The second-order valence-electron chi connectivity index (χ2n) is 8.55. The Kier molecular flexibility index (Phi) is 10.7. The largest absolute Gasteiger partial charge is 0.497 e. The number of rotatable bonds is 10. The van der Waals surface area contributed by atoms with E-state index in [0.717, 1.165) is 76.6 Å². The van der Waals surface area contributed by atoms with E-state index < -0.39 is 0 Å².